The minimum atomic E-state index is -0.583. The molecule has 2 aliphatic heterocycles. The second-order valence-corrected chi connectivity index (χ2v) is 3.71. The number of amides is 3. The first-order chi connectivity index (χ1) is 8.04. The Morgan fingerprint density at radius 1 is 1.29 bits per heavy atom. The number of aliphatic imine (C=N–C) groups is 2. The molecule has 2 heterocycles. The smallest absolute Gasteiger partial charge is 0.281 e. The van der Waals surface area contributed by atoms with Gasteiger partial charge in [-0.15, -0.1) is 0 Å². The van der Waals surface area contributed by atoms with Gasteiger partial charge in [0.25, 0.3) is 5.91 Å². The van der Waals surface area contributed by atoms with Crippen molar-refractivity contribution in [2.75, 3.05) is 14.1 Å². The molecule has 2 aliphatic rings. The molecule has 0 bridgehead atoms. The van der Waals surface area contributed by atoms with Gasteiger partial charge in [0, 0.05) is 14.1 Å². The number of fused-ring (bicyclic) bond motifs is 1. The molecular formula is C10H13N5O2. The molecule has 1 N–H and O–H groups in total. The Balaban J connectivity index is 2.50. The molecule has 17 heavy (non-hydrogen) atoms. The highest BCUT2D eigenvalue weighted by molar-refractivity contribution is 6.69. The van der Waals surface area contributed by atoms with Crippen LogP contribution in [0.3, 0.4) is 0 Å². The monoisotopic (exact) mass is 235 g/mol. The normalized spacial score (nSPS) is 22.2. The van der Waals surface area contributed by atoms with Crippen molar-refractivity contribution >= 4 is 23.5 Å². The van der Waals surface area contributed by atoms with Gasteiger partial charge in [-0.3, -0.25) is 20.1 Å². The molecule has 0 fully saturated rings. The number of amidine groups is 1. The van der Waals surface area contributed by atoms with Gasteiger partial charge < -0.3 is 0 Å². The molecule has 0 radical (unpaired) electrons. The van der Waals surface area contributed by atoms with Gasteiger partial charge in [0.1, 0.15) is 5.82 Å². The summed E-state index contributed by atoms with van der Waals surface area (Å²) in [7, 11) is 3.07. The number of rotatable bonds is 1. The first kappa shape index (κ1) is 11.3. The molecule has 0 aliphatic carbocycles. The van der Waals surface area contributed by atoms with Crippen LogP contribution in [0.4, 0.5) is 4.79 Å². The van der Waals surface area contributed by atoms with Gasteiger partial charge in [0.05, 0.1) is 0 Å². The number of hydrazine groups is 1. The Kier molecular flexibility index (Phi) is 2.66. The minimum Gasteiger partial charge on any atom is -0.281 e. The third kappa shape index (κ3) is 1.79. The largest absolute Gasteiger partial charge is 0.352 e. The summed E-state index contributed by atoms with van der Waals surface area (Å²) in [6.07, 6.45) is 2.65. The van der Waals surface area contributed by atoms with Gasteiger partial charge in [0.2, 0.25) is 0 Å². The summed E-state index contributed by atoms with van der Waals surface area (Å²) in [5, 5.41) is 1.52. The van der Waals surface area contributed by atoms with Crippen molar-refractivity contribution in [1.82, 2.24) is 15.3 Å². The van der Waals surface area contributed by atoms with Gasteiger partial charge in [-0.1, -0.05) is 6.92 Å². The number of nitrogens with one attached hydrogen (secondary N) is 1. The van der Waals surface area contributed by atoms with Crippen LogP contribution in [0.15, 0.2) is 21.9 Å². The summed E-state index contributed by atoms with van der Waals surface area (Å²) in [6.45, 7) is 1.97. The number of imide groups is 1. The maximum atomic E-state index is 11.9. The molecule has 7 nitrogen and oxygen atoms in total. The Bertz CT molecular complexity index is 477. The zero-order valence-electron chi connectivity index (χ0n) is 9.89. The molecule has 0 saturated heterocycles. The Labute approximate surface area is 98.5 Å². The van der Waals surface area contributed by atoms with Gasteiger partial charge in [-0.2, -0.15) is 4.99 Å². The minimum absolute atomic E-state index is 0.188. The molecular weight excluding hydrogens is 222 g/mol. The van der Waals surface area contributed by atoms with Crippen molar-refractivity contribution in [3.8, 4) is 0 Å². The van der Waals surface area contributed by atoms with Crippen LogP contribution in [0, 0.1) is 0 Å². The molecule has 3 amide bonds. The summed E-state index contributed by atoms with van der Waals surface area (Å²) in [5.74, 6) is 0.404. The fraction of sp³-hybridized carbons (Fsp3) is 0.400. The maximum Gasteiger partial charge on any atom is 0.352 e. The molecule has 0 spiro atoms. The summed E-state index contributed by atoms with van der Waals surface area (Å²) in [4.78, 5) is 32.2. The summed E-state index contributed by atoms with van der Waals surface area (Å²) in [5.41, 5.74) is 3.11. The van der Waals surface area contributed by atoms with E-state index in [9.17, 15) is 9.59 Å². The van der Waals surface area contributed by atoms with Crippen molar-refractivity contribution in [2.45, 2.75) is 13.3 Å². The van der Waals surface area contributed by atoms with Crippen LogP contribution in [0.2, 0.25) is 0 Å². The Hall–Kier alpha value is -2.18. The molecule has 0 aromatic heterocycles. The lowest BCUT2D eigenvalue weighted by Crippen LogP contribution is -2.55. The third-order valence-corrected chi connectivity index (χ3v) is 2.44. The highest BCUT2D eigenvalue weighted by Gasteiger charge is 2.36. The second-order valence-electron chi connectivity index (χ2n) is 3.71. The van der Waals surface area contributed by atoms with Crippen LogP contribution in [0.1, 0.15) is 13.3 Å². The molecule has 0 atom stereocenters. The van der Waals surface area contributed by atoms with Gasteiger partial charge in [-0.25, -0.2) is 9.79 Å². The number of carbonyl (C=O) groups excluding carboxylic acids is 2. The quantitative estimate of drug-likeness (QED) is 0.700. The standard InChI is InChI=1S/C10H13N5O2/c1-4-5-6-11-7-8(15(3)13-6)12-10(17)14(2)9(7)16/h5,13H,4H2,1-3H3/b6-5-. The van der Waals surface area contributed by atoms with E-state index in [-0.39, 0.29) is 11.5 Å². The lowest BCUT2D eigenvalue weighted by atomic mass is 10.2. The van der Waals surface area contributed by atoms with Crippen LogP contribution in [0.5, 0.6) is 0 Å². The third-order valence-electron chi connectivity index (χ3n) is 2.44. The summed E-state index contributed by atoms with van der Waals surface area (Å²) in [6, 6.07) is -0.583. The molecule has 90 valence electrons. The predicted molar refractivity (Wildman–Crippen MR) is 62.3 cm³/mol. The van der Waals surface area contributed by atoms with E-state index >= 15 is 0 Å². The predicted octanol–water partition coefficient (Wildman–Crippen LogP) is 0.119. The van der Waals surface area contributed by atoms with Crippen molar-refractivity contribution in [3.63, 3.8) is 0 Å². The second kappa shape index (κ2) is 4.00. The van der Waals surface area contributed by atoms with Crippen molar-refractivity contribution in [3.05, 3.63) is 11.9 Å². The van der Waals surface area contributed by atoms with Crippen LogP contribution < -0.4 is 5.43 Å². The fourth-order valence-corrected chi connectivity index (χ4v) is 1.55. The lowest BCUT2D eigenvalue weighted by molar-refractivity contribution is -0.120. The van der Waals surface area contributed by atoms with Crippen LogP contribution in [-0.2, 0) is 4.79 Å². The van der Waals surface area contributed by atoms with E-state index in [1.165, 1.54) is 12.1 Å². The number of hydrogen-bond acceptors (Lipinski definition) is 5. The van der Waals surface area contributed by atoms with E-state index in [1.54, 1.807) is 7.05 Å². The van der Waals surface area contributed by atoms with E-state index in [1.807, 2.05) is 13.0 Å². The number of nitrogens with zero attached hydrogens (tertiary/aromatic N) is 4. The van der Waals surface area contributed by atoms with Crippen molar-refractivity contribution in [2.24, 2.45) is 9.98 Å². The van der Waals surface area contributed by atoms with Crippen molar-refractivity contribution < 1.29 is 9.59 Å². The van der Waals surface area contributed by atoms with Gasteiger partial charge in [-0.05, 0) is 12.5 Å². The number of carbonyl (C=O) groups is 2. The molecule has 0 saturated carbocycles. The van der Waals surface area contributed by atoms with Crippen LogP contribution in [0.25, 0.3) is 0 Å². The van der Waals surface area contributed by atoms with E-state index in [0.717, 1.165) is 11.3 Å². The van der Waals surface area contributed by atoms with Crippen molar-refractivity contribution in [1.29, 1.82) is 0 Å². The average Bonchev–Trinajstić information content (AvgIpc) is 2.29. The Morgan fingerprint density at radius 3 is 2.65 bits per heavy atom. The highest BCUT2D eigenvalue weighted by Crippen LogP contribution is 2.12. The number of allylic oxidation sites excluding steroid dienone is 1. The fourth-order valence-electron chi connectivity index (χ4n) is 1.55. The molecule has 0 aromatic rings. The highest BCUT2D eigenvalue weighted by atomic mass is 16.2. The molecule has 0 unspecified atom stereocenters. The maximum absolute atomic E-state index is 11.9. The van der Waals surface area contributed by atoms with E-state index in [4.69, 9.17) is 0 Å². The van der Waals surface area contributed by atoms with Gasteiger partial charge in [0.15, 0.2) is 11.5 Å². The van der Waals surface area contributed by atoms with Gasteiger partial charge >= 0.3 is 6.03 Å². The molecule has 7 heteroatoms. The summed E-state index contributed by atoms with van der Waals surface area (Å²) < 4.78 is 0. The van der Waals surface area contributed by atoms with E-state index in [0.29, 0.717) is 5.82 Å². The topological polar surface area (TPSA) is 77.4 Å². The van der Waals surface area contributed by atoms with Crippen LogP contribution in [-0.4, -0.2) is 47.5 Å². The number of urea groups is 1. The first-order valence-corrected chi connectivity index (χ1v) is 5.25. The Morgan fingerprint density at radius 2 is 2.00 bits per heavy atom. The zero-order valence-corrected chi connectivity index (χ0v) is 9.89. The SMILES string of the molecule is CC/C=C1/N=C2C(=O)N(C)C(=O)N=C2N(C)N1. The summed E-state index contributed by atoms with van der Waals surface area (Å²) >= 11 is 0. The first-order valence-electron chi connectivity index (χ1n) is 5.25. The average molecular weight is 235 g/mol. The van der Waals surface area contributed by atoms with Crippen LogP contribution >= 0.6 is 0 Å². The van der Waals surface area contributed by atoms with E-state index in [2.05, 4.69) is 15.4 Å². The molecule has 0 aromatic carbocycles. The molecule has 2 rings (SSSR count). The van der Waals surface area contributed by atoms with E-state index < -0.39 is 11.9 Å². The number of hydrogen-bond donors (Lipinski definition) is 1. The lowest BCUT2D eigenvalue weighted by Gasteiger charge is -2.31. The zero-order chi connectivity index (χ0) is 12.6.